The van der Waals surface area contributed by atoms with Crippen LogP contribution in [-0.2, 0) is 0 Å². The average Bonchev–Trinajstić information content (AvgIpc) is 2.44. The number of rotatable bonds is 4. The quantitative estimate of drug-likeness (QED) is 0.838. The zero-order valence-electron chi connectivity index (χ0n) is 11.7. The normalized spacial score (nSPS) is 11.4. The van der Waals surface area contributed by atoms with Gasteiger partial charge in [0.15, 0.2) is 0 Å². The zero-order chi connectivity index (χ0) is 14.3. The van der Waals surface area contributed by atoms with Crippen LogP contribution in [0.3, 0.4) is 0 Å². The molecule has 0 radical (unpaired) electrons. The molecule has 1 rings (SSSR count). The highest BCUT2D eigenvalue weighted by atomic mass is 16.2. The smallest absolute Gasteiger partial charge is 0.272 e. The molecule has 0 bridgehead atoms. The Morgan fingerprint density at radius 1 is 1.53 bits per heavy atom. The second kappa shape index (κ2) is 7.55. The number of aliphatic hydroxyl groups excluding tert-OH is 1. The van der Waals surface area contributed by atoms with Crippen molar-refractivity contribution in [2.24, 2.45) is 0 Å². The molecule has 1 amide bonds. The van der Waals surface area contributed by atoms with E-state index in [0.717, 1.165) is 12.8 Å². The van der Waals surface area contributed by atoms with Crippen molar-refractivity contribution >= 4 is 5.91 Å². The Morgan fingerprint density at radius 3 is 2.79 bits per heavy atom. The van der Waals surface area contributed by atoms with Crippen molar-refractivity contribution in [3.05, 3.63) is 29.6 Å². The molecule has 19 heavy (non-hydrogen) atoms. The van der Waals surface area contributed by atoms with E-state index in [1.54, 1.807) is 30.3 Å². The largest absolute Gasteiger partial charge is 0.384 e. The van der Waals surface area contributed by atoms with E-state index in [2.05, 4.69) is 23.7 Å². The molecule has 1 heterocycles. The molecule has 0 aliphatic heterocycles. The van der Waals surface area contributed by atoms with Gasteiger partial charge in [-0.15, -0.1) is 0 Å². The molecule has 0 spiro atoms. The number of pyridine rings is 1. The molecule has 0 fully saturated rings. The Morgan fingerprint density at radius 2 is 2.26 bits per heavy atom. The maximum Gasteiger partial charge on any atom is 0.272 e. The Balaban J connectivity index is 2.77. The van der Waals surface area contributed by atoms with Gasteiger partial charge in [0, 0.05) is 24.8 Å². The van der Waals surface area contributed by atoms with Crippen molar-refractivity contribution < 1.29 is 9.90 Å². The Kier molecular flexibility index (Phi) is 6.04. The maximum atomic E-state index is 12.2. The van der Waals surface area contributed by atoms with E-state index in [1.807, 2.05) is 6.92 Å². The molecule has 4 nitrogen and oxygen atoms in total. The van der Waals surface area contributed by atoms with E-state index in [-0.39, 0.29) is 18.6 Å². The minimum absolute atomic E-state index is 0.0809. The molecule has 0 saturated carbocycles. The molecular weight excluding hydrogens is 240 g/mol. The Bertz CT molecular complexity index is 471. The van der Waals surface area contributed by atoms with Gasteiger partial charge in [0.05, 0.1) is 0 Å². The van der Waals surface area contributed by atoms with Crippen molar-refractivity contribution in [1.82, 2.24) is 9.88 Å². The number of carbonyl (C=O) groups is 1. The van der Waals surface area contributed by atoms with Gasteiger partial charge in [0.2, 0.25) is 0 Å². The molecule has 1 N–H and O–H groups in total. The first-order valence-corrected chi connectivity index (χ1v) is 6.43. The number of hydrogen-bond acceptors (Lipinski definition) is 3. The molecule has 0 aliphatic carbocycles. The standard InChI is InChI=1S/C15H20N2O2/c1-4-6-12(2)17(3)15(19)14-9-8-13(11-16-14)7-5-10-18/h8-9,11-12,18H,4,6,10H2,1-3H3. The van der Waals surface area contributed by atoms with E-state index in [4.69, 9.17) is 5.11 Å². The third-order valence-corrected chi connectivity index (χ3v) is 2.98. The van der Waals surface area contributed by atoms with Gasteiger partial charge in [-0.2, -0.15) is 0 Å². The number of amides is 1. The zero-order valence-corrected chi connectivity index (χ0v) is 11.7. The van der Waals surface area contributed by atoms with Crippen LogP contribution in [-0.4, -0.2) is 40.6 Å². The summed E-state index contributed by atoms with van der Waals surface area (Å²) in [5.41, 5.74) is 1.11. The van der Waals surface area contributed by atoms with Gasteiger partial charge in [-0.3, -0.25) is 4.79 Å². The first-order chi connectivity index (χ1) is 9.10. The third-order valence-electron chi connectivity index (χ3n) is 2.98. The lowest BCUT2D eigenvalue weighted by atomic mass is 10.1. The molecule has 0 aliphatic rings. The van der Waals surface area contributed by atoms with Gasteiger partial charge in [-0.25, -0.2) is 4.98 Å². The fourth-order valence-electron chi connectivity index (χ4n) is 1.73. The predicted molar refractivity (Wildman–Crippen MR) is 74.7 cm³/mol. The maximum absolute atomic E-state index is 12.2. The molecule has 102 valence electrons. The van der Waals surface area contributed by atoms with Gasteiger partial charge < -0.3 is 10.0 Å². The van der Waals surface area contributed by atoms with Crippen molar-refractivity contribution in [3.63, 3.8) is 0 Å². The molecule has 1 unspecified atom stereocenters. The van der Waals surface area contributed by atoms with E-state index in [9.17, 15) is 4.79 Å². The van der Waals surface area contributed by atoms with Crippen LogP contribution in [0.15, 0.2) is 18.3 Å². The highest BCUT2D eigenvalue weighted by Gasteiger charge is 2.17. The lowest BCUT2D eigenvalue weighted by Crippen LogP contribution is -2.35. The summed E-state index contributed by atoms with van der Waals surface area (Å²) in [7, 11) is 1.80. The van der Waals surface area contributed by atoms with Gasteiger partial charge in [-0.1, -0.05) is 25.2 Å². The van der Waals surface area contributed by atoms with Crippen molar-refractivity contribution in [2.75, 3.05) is 13.7 Å². The number of aromatic nitrogens is 1. The minimum atomic E-state index is -0.183. The Labute approximate surface area is 114 Å². The summed E-state index contributed by atoms with van der Waals surface area (Å²) in [4.78, 5) is 18.0. The van der Waals surface area contributed by atoms with Crippen LogP contribution in [0.5, 0.6) is 0 Å². The predicted octanol–water partition coefficient (Wildman–Crippen LogP) is 1.69. The monoisotopic (exact) mass is 260 g/mol. The van der Waals surface area contributed by atoms with Crippen molar-refractivity contribution in [3.8, 4) is 11.8 Å². The van der Waals surface area contributed by atoms with Crippen molar-refractivity contribution in [2.45, 2.75) is 32.7 Å². The van der Waals surface area contributed by atoms with E-state index >= 15 is 0 Å². The van der Waals surface area contributed by atoms with Gasteiger partial charge >= 0.3 is 0 Å². The fraction of sp³-hybridized carbons (Fsp3) is 0.467. The van der Waals surface area contributed by atoms with Crippen LogP contribution < -0.4 is 0 Å². The summed E-state index contributed by atoms with van der Waals surface area (Å²) in [6, 6.07) is 3.60. The molecule has 1 aromatic rings. The molecule has 1 atom stereocenters. The number of hydrogen-bond donors (Lipinski definition) is 1. The van der Waals surface area contributed by atoms with Gasteiger partial charge in [0.25, 0.3) is 5.91 Å². The highest BCUT2D eigenvalue weighted by molar-refractivity contribution is 5.92. The molecule has 0 saturated heterocycles. The summed E-state index contributed by atoms with van der Waals surface area (Å²) in [6.07, 6.45) is 3.57. The van der Waals surface area contributed by atoms with E-state index in [1.165, 1.54) is 0 Å². The molecule has 1 aromatic heterocycles. The SMILES string of the molecule is CCCC(C)N(C)C(=O)c1ccc(C#CCO)cn1. The topological polar surface area (TPSA) is 53.4 Å². The summed E-state index contributed by atoms with van der Waals surface area (Å²) >= 11 is 0. The van der Waals surface area contributed by atoms with Gasteiger partial charge in [-0.05, 0) is 25.5 Å². The molecule has 0 aromatic carbocycles. The van der Waals surface area contributed by atoms with Crippen molar-refractivity contribution in [1.29, 1.82) is 0 Å². The van der Waals surface area contributed by atoms with Crippen LogP contribution in [0.25, 0.3) is 0 Å². The van der Waals surface area contributed by atoms with E-state index < -0.39 is 0 Å². The Hall–Kier alpha value is -1.86. The summed E-state index contributed by atoms with van der Waals surface area (Å²) < 4.78 is 0. The van der Waals surface area contributed by atoms with Crippen LogP contribution in [0, 0.1) is 11.8 Å². The summed E-state index contributed by atoms with van der Waals surface area (Å²) in [6.45, 7) is 3.95. The molecular formula is C15H20N2O2. The lowest BCUT2D eigenvalue weighted by Gasteiger charge is -2.24. The number of nitrogens with zero attached hydrogens (tertiary/aromatic N) is 2. The van der Waals surface area contributed by atoms with Gasteiger partial charge in [0.1, 0.15) is 12.3 Å². The van der Waals surface area contributed by atoms with Crippen LogP contribution in [0.4, 0.5) is 0 Å². The first kappa shape index (κ1) is 15.2. The van der Waals surface area contributed by atoms with Crippen LogP contribution in [0.1, 0.15) is 42.7 Å². The molecule has 4 heteroatoms. The second-order valence-electron chi connectivity index (χ2n) is 4.45. The van der Waals surface area contributed by atoms with E-state index in [0.29, 0.717) is 11.3 Å². The number of aliphatic hydroxyl groups is 1. The summed E-state index contributed by atoms with van der Waals surface area (Å²) in [5, 5.41) is 8.60. The summed E-state index contributed by atoms with van der Waals surface area (Å²) in [5.74, 6) is 5.21. The third kappa shape index (κ3) is 4.38. The highest BCUT2D eigenvalue weighted by Crippen LogP contribution is 2.09. The number of carbonyl (C=O) groups excluding carboxylic acids is 1. The first-order valence-electron chi connectivity index (χ1n) is 6.43. The van der Waals surface area contributed by atoms with Crippen LogP contribution in [0.2, 0.25) is 0 Å². The fourth-order valence-corrected chi connectivity index (χ4v) is 1.73. The minimum Gasteiger partial charge on any atom is -0.384 e. The lowest BCUT2D eigenvalue weighted by molar-refractivity contribution is 0.0731. The van der Waals surface area contributed by atoms with Crippen LogP contribution >= 0.6 is 0 Å². The second-order valence-corrected chi connectivity index (χ2v) is 4.45. The average molecular weight is 260 g/mol.